The van der Waals surface area contributed by atoms with E-state index in [0.29, 0.717) is 34.4 Å². The van der Waals surface area contributed by atoms with Crippen molar-refractivity contribution in [3.8, 4) is 10.7 Å². The number of carbonyl (C=O) groups excluding carboxylic acids is 1. The lowest BCUT2D eigenvalue weighted by atomic mass is 9.96. The van der Waals surface area contributed by atoms with Gasteiger partial charge >= 0.3 is 6.18 Å². The molecule has 0 radical (unpaired) electrons. The molecule has 0 saturated heterocycles. The van der Waals surface area contributed by atoms with E-state index in [4.69, 9.17) is 6.57 Å². The number of amides is 1. The molecule has 0 spiro atoms. The van der Waals surface area contributed by atoms with E-state index in [2.05, 4.69) is 24.9 Å². The quantitative estimate of drug-likeness (QED) is 0.277. The van der Waals surface area contributed by atoms with Crippen LogP contribution in [0, 0.1) is 12.5 Å². The number of aromatic nitrogens is 4. The Balaban J connectivity index is 1.74. The maximum absolute atomic E-state index is 13.7. The average Bonchev–Trinajstić information content (AvgIpc) is 3.34. The van der Waals surface area contributed by atoms with Crippen molar-refractivity contribution in [2.75, 3.05) is 13.1 Å². The van der Waals surface area contributed by atoms with Gasteiger partial charge in [-0.2, -0.15) is 18.3 Å². The van der Waals surface area contributed by atoms with Crippen LogP contribution < -0.4 is 4.72 Å². The largest absolute Gasteiger partial charge is 0.408 e. The normalized spacial score (nSPS) is 17.1. The summed E-state index contributed by atoms with van der Waals surface area (Å²) in [5.41, 5.74) is -1.01. The predicted molar refractivity (Wildman–Crippen MR) is 143 cm³/mol. The highest BCUT2D eigenvalue weighted by Gasteiger charge is 2.54. The zero-order chi connectivity index (χ0) is 30.6. The summed E-state index contributed by atoms with van der Waals surface area (Å²) >= 11 is 0.432. The highest BCUT2D eigenvalue weighted by Crippen LogP contribution is 2.42. The maximum Gasteiger partial charge on any atom is 0.408 e. The summed E-state index contributed by atoms with van der Waals surface area (Å²) in [4.78, 5) is 17.1. The van der Waals surface area contributed by atoms with Gasteiger partial charge in [-0.05, 0) is 24.1 Å². The maximum atomic E-state index is 13.7. The second kappa shape index (κ2) is 10.7. The third-order valence-electron chi connectivity index (χ3n) is 6.91. The molecule has 1 amide bonds. The van der Waals surface area contributed by atoms with Crippen LogP contribution in [0.2, 0.25) is 0 Å². The Labute approximate surface area is 241 Å². The third kappa shape index (κ3) is 5.88. The molecule has 0 atom stereocenters. The van der Waals surface area contributed by atoms with Crippen LogP contribution in [0.15, 0.2) is 23.1 Å². The molecule has 2 aliphatic rings. The van der Waals surface area contributed by atoms with Crippen LogP contribution in [0.25, 0.3) is 32.0 Å². The van der Waals surface area contributed by atoms with Crippen molar-refractivity contribution in [1.82, 2.24) is 29.6 Å². The number of sulfonamides is 1. The van der Waals surface area contributed by atoms with Crippen LogP contribution in [0.3, 0.4) is 0 Å². The number of hydrogen-bond donors (Lipinski definition) is 1. The topological polar surface area (TPSA) is 114 Å². The fourth-order valence-corrected chi connectivity index (χ4v) is 6.81. The van der Waals surface area contributed by atoms with Gasteiger partial charge in [-0.25, -0.2) is 23.8 Å². The Bertz CT molecular complexity index is 1730. The zero-order valence-corrected chi connectivity index (χ0v) is 23.9. The second-order valence-corrected chi connectivity index (χ2v) is 13.1. The van der Waals surface area contributed by atoms with Crippen molar-refractivity contribution in [2.24, 2.45) is 5.92 Å². The Hall–Kier alpha value is -3.49. The van der Waals surface area contributed by atoms with Crippen molar-refractivity contribution in [2.45, 2.75) is 62.8 Å². The standard InChI is InChI=1S/C25H24F5N7O3S2/c1-13(2)23(38)36-8-4-14(5-9-36)16-10-15(42(39,40)35-24(31-3)6-7-24)11-17-18(21-32-33-22(41-21)20(26)27)34-37(19(16)17)12-25(28,29)30/h4,10-11,13,20,35H,5-9,12H2,1-2H3. The van der Waals surface area contributed by atoms with Gasteiger partial charge in [-0.3, -0.25) is 14.3 Å². The van der Waals surface area contributed by atoms with Gasteiger partial charge in [-0.1, -0.05) is 31.3 Å². The van der Waals surface area contributed by atoms with Crippen LogP contribution in [0.5, 0.6) is 0 Å². The predicted octanol–water partition coefficient (Wildman–Crippen LogP) is 5.01. The number of nitrogens with one attached hydrogen (secondary N) is 1. The molecular weight excluding hydrogens is 605 g/mol. The monoisotopic (exact) mass is 629 g/mol. The number of fused-ring (bicyclic) bond motifs is 1. The van der Waals surface area contributed by atoms with Crippen LogP contribution in [0.4, 0.5) is 22.0 Å². The van der Waals surface area contributed by atoms with Crippen molar-refractivity contribution >= 4 is 43.7 Å². The highest BCUT2D eigenvalue weighted by molar-refractivity contribution is 7.89. The van der Waals surface area contributed by atoms with E-state index in [1.54, 1.807) is 24.8 Å². The summed E-state index contributed by atoms with van der Waals surface area (Å²) in [5.74, 6) is -0.385. The molecule has 1 saturated carbocycles. The summed E-state index contributed by atoms with van der Waals surface area (Å²) in [6.45, 7) is 9.69. The lowest BCUT2D eigenvalue weighted by Crippen LogP contribution is -2.37. The van der Waals surface area contributed by atoms with Crippen LogP contribution >= 0.6 is 11.3 Å². The molecule has 224 valence electrons. The molecule has 17 heteroatoms. The van der Waals surface area contributed by atoms with Gasteiger partial charge in [0.05, 0.1) is 23.3 Å². The first-order chi connectivity index (χ1) is 19.6. The second-order valence-electron chi connectivity index (χ2n) is 10.4. The summed E-state index contributed by atoms with van der Waals surface area (Å²) in [7, 11) is -4.36. The molecule has 0 unspecified atom stereocenters. The third-order valence-corrected chi connectivity index (χ3v) is 9.35. The molecule has 1 fully saturated rings. The van der Waals surface area contributed by atoms with E-state index in [1.165, 1.54) is 6.07 Å². The number of hydrogen-bond acceptors (Lipinski definition) is 7. The SMILES string of the molecule is [C-]#[N+]C1(NS(=O)(=O)c2cc(C3=CCN(C(=O)C(C)C)CC3)c3c(c2)c(-c2nnc(C(F)F)s2)nn3CC(F)(F)F)CC1. The molecule has 1 aliphatic heterocycles. The molecule has 2 aromatic heterocycles. The molecule has 3 heterocycles. The highest BCUT2D eigenvalue weighted by atomic mass is 32.2. The van der Waals surface area contributed by atoms with Crippen LogP contribution in [0.1, 0.15) is 50.1 Å². The Morgan fingerprint density at radius 1 is 1.24 bits per heavy atom. The zero-order valence-electron chi connectivity index (χ0n) is 22.2. The smallest absolute Gasteiger partial charge is 0.338 e. The lowest BCUT2D eigenvalue weighted by molar-refractivity contribution is -0.141. The molecule has 1 aromatic carbocycles. The number of rotatable bonds is 8. The lowest BCUT2D eigenvalue weighted by Gasteiger charge is -2.28. The Morgan fingerprint density at radius 3 is 2.48 bits per heavy atom. The van der Waals surface area contributed by atoms with Crippen LogP contribution in [-0.4, -0.2) is 64.1 Å². The first kappa shape index (κ1) is 30.0. The minimum Gasteiger partial charge on any atom is -0.338 e. The summed E-state index contributed by atoms with van der Waals surface area (Å²) in [6.07, 6.45) is -5.27. The first-order valence-electron chi connectivity index (χ1n) is 12.8. The van der Waals surface area contributed by atoms with Gasteiger partial charge in [0.2, 0.25) is 15.9 Å². The van der Waals surface area contributed by atoms with Gasteiger partial charge in [0.15, 0.2) is 10.0 Å². The first-order valence-corrected chi connectivity index (χ1v) is 15.1. The summed E-state index contributed by atoms with van der Waals surface area (Å²) in [6, 6.07) is 2.33. The summed E-state index contributed by atoms with van der Waals surface area (Å²) in [5, 5.41) is 10.2. The van der Waals surface area contributed by atoms with Gasteiger partial charge in [0, 0.05) is 30.0 Å². The number of alkyl halides is 5. The van der Waals surface area contributed by atoms with Gasteiger partial charge in [0.25, 0.3) is 12.1 Å². The van der Waals surface area contributed by atoms with E-state index in [9.17, 15) is 35.2 Å². The van der Waals surface area contributed by atoms with Gasteiger partial charge in [0.1, 0.15) is 12.2 Å². The van der Waals surface area contributed by atoms with Crippen molar-refractivity contribution < 1.29 is 35.2 Å². The molecule has 0 bridgehead atoms. The molecule has 10 nitrogen and oxygen atoms in total. The van der Waals surface area contributed by atoms with Crippen LogP contribution in [-0.2, 0) is 21.4 Å². The Morgan fingerprint density at radius 2 is 1.95 bits per heavy atom. The fraction of sp³-hybridized carbons (Fsp3) is 0.480. The van der Waals surface area contributed by atoms with E-state index in [1.807, 2.05) is 0 Å². The van der Waals surface area contributed by atoms with Crippen molar-refractivity contribution in [3.63, 3.8) is 0 Å². The number of halogens is 5. The number of carbonyl (C=O) groups is 1. The van der Waals surface area contributed by atoms with Gasteiger partial charge < -0.3 is 4.90 Å². The average molecular weight is 630 g/mol. The minimum absolute atomic E-state index is 0.0664. The van der Waals surface area contributed by atoms with Crippen molar-refractivity contribution in [3.05, 3.63) is 40.2 Å². The molecule has 5 rings (SSSR count). The molecule has 42 heavy (non-hydrogen) atoms. The molecular formula is C25H24F5N7O3S2. The van der Waals surface area contributed by atoms with E-state index in [0.717, 1.165) is 6.07 Å². The number of nitrogens with zero attached hydrogens (tertiary/aromatic N) is 6. The van der Waals surface area contributed by atoms with Gasteiger partial charge in [-0.15, -0.1) is 14.9 Å². The van der Waals surface area contributed by atoms with E-state index in [-0.39, 0.29) is 63.4 Å². The fourth-order valence-electron chi connectivity index (χ4n) is 4.69. The number of benzene rings is 1. The van der Waals surface area contributed by atoms with E-state index < -0.39 is 39.8 Å². The molecule has 1 aliphatic carbocycles. The van der Waals surface area contributed by atoms with E-state index >= 15 is 0 Å². The minimum atomic E-state index is -4.73. The molecule has 3 aromatic rings. The Kier molecular flexibility index (Phi) is 7.60. The molecule has 1 N–H and O–H groups in total. The summed E-state index contributed by atoms with van der Waals surface area (Å²) < 4.78 is 97.6. The van der Waals surface area contributed by atoms with Crippen molar-refractivity contribution in [1.29, 1.82) is 0 Å².